The van der Waals surface area contributed by atoms with Gasteiger partial charge >= 0.3 is 0 Å². The lowest BCUT2D eigenvalue weighted by Gasteiger charge is -2.16. The lowest BCUT2D eigenvalue weighted by Crippen LogP contribution is -2.30. The third kappa shape index (κ3) is 2.72. The fraction of sp³-hybridized carbons (Fsp3) is 0.500. The molecule has 1 saturated heterocycles. The van der Waals surface area contributed by atoms with Crippen molar-refractivity contribution in [3.63, 3.8) is 0 Å². The van der Waals surface area contributed by atoms with Crippen molar-refractivity contribution in [1.29, 1.82) is 0 Å². The summed E-state index contributed by atoms with van der Waals surface area (Å²) < 4.78 is 44.4. The molecule has 19 heavy (non-hydrogen) atoms. The number of nitrogens with zero attached hydrogens (tertiary/aromatic N) is 1. The summed E-state index contributed by atoms with van der Waals surface area (Å²) in [7, 11) is -2.31. The Morgan fingerprint density at radius 3 is 2.79 bits per heavy atom. The van der Waals surface area contributed by atoms with Gasteiger partial charge in [0, 0.05) is 13.1 Å². The largest absolute Gasteiger partial charge is 0.494 e. The molecule has 106 valence electrons. The Balaban J connectivity index is 2.27. The highest BCUT2D eigenvalue weighted by Gasteiger charge is 2.32. The van der Waals surface area contributed by atoms with Gasteiger partial charge in [0.05, 0.1) is 12.0 Å². The van der Waals surface area contributed by atoms with Crippen LogP contribution in [0.25, 0.3) is 0 Å². The summed E-state index contributed by atoms with van der Waals surface area (Å²) in [4.78, 5) is -0.0523. The van der Waals surface area contributed by atoms with E-state index in [4.69, 9.17) is 10.5 Å². The minimum absolute atomic E-state index is 0.0280. The molecule has 2 rings (SSSR count). The molecule has 0 aromatic heterocycles. The molecule has 0 aliphatic carbocycles. The average Bonchev–Trinajstić information content (AvgIpc) is 2.88. The van der Waals surface area contributed by atoms with Crippen molar-refractivity contribution in [2.24, 2.45) is 11.7 Å². The Labute approximate surface area is 112 Å². The SMILES string of the molecule is COc1ccc(S(=O)(=O)N2CCC(CN)C2)cc1F. The maximum Gasteiger partial charge on any atom is 0.243 e. The molecule has 0 spiro atoms. The quantitative estimate of drug-likeness (QED) is 0.889. The number of methoxy groups -OCH3 is 1. The summed E-state index contributed by atoms with van der Waals surface area (Å²) in [5, 5.41) is 0. The number of benzene rings is 1. The van der Waals surface area contributed by atoms with E-state index in [2.05, 4.69) is 0 Å². The normalized spacial score (nSPS) is 20.7. The molecule has 1 aromatic carbocycles. The predicted octanol–water partition coefficient (Wildman–Crippen LogP) is 0.804. The Bertz CT molecular complexity index is 562. The Morgan fingerprint density at radius 2 is 2.26 bits per heavy atom. The van der Waals surface area contributed by atoms with E-state index in [0.29, 0.717) is 19.6 Å². The highest BCUT2D eigenvalue weighted by Crippen LogP contribution is 2.26. The second kappa shape index (κ2) is 5.44. The number of sulfonamides is 1. The first-order valence-electron chi connectivity index (χ1n) is 6.02. The smallest absolute Gasteiger partial charge is 0.243 e. The van der Waals surface area contributed by atoms with E-state index in [1.54, 1.807) is 0 Å². The van der Waals surface area contributed by atoms with Crippen molar-refractivity contribution in [3.8, 4) is 5.75 Å². The first-order chi connectivity index (χ1) is 8.98. The van der Waals surface area contributed by atoms with Gasteiger partial charge in [-0.25, -0.2) is 12.8 Å². The molecule has 5 nitrogen and oxygen atoms in total. The molecule has 0 radical (unpaired) electrons. The molecule has 1 aliphatic rings. The van der Waals surface area contributed by atoms with E-state index >= 15 is 0 Å². The number of nitrogens with two attached hydrogens (primary N) is 1. The standard InChI is InChI=1S/C12H17FN2O3S/c1-18-12-3-2-10(6-11(12)13)19(16,17)15-5-4-9(7-14)8-15/h2-3,6,9H,4-5,7-8,14H2,1H3. The van der Waals surface area contributed by atoms with Gasteiger partial charge in [-0.1, -0.05) is 0 Å². The molecule has 1 heterocycles. The predicted molar refractivity (Wildman–Crippen MR) is 68.9 cm³/mol. The number of hydrogen-bond acceptors (Lipinski definition) is 4. The van der Waals surface area contributed by atoms with Crippen LogP contribution in [0, 0.1) is 11.7 Å². The fourth-order valence-electron chi connectivity index (χ4n) is 2.16. The van der Waals surface area contributed by atoms with Gasteiger partial charge in [-0.15, -0.1) is 0 Å². The maximum atomic E-state index is 13.6. The second-order valence-corrected chi connectivity index (χ2v) is 6.49. The van der Waals surface area contributed by atoms with Gasteiger partial charge in [0.25, 0.3) is 0 Å². The highest BCUT2D eigenvalue weighted by atomic mass is 32.2. The molecule has 7 heteroatoms. The van der Waals surface area contributed by atoms with E-state index in [-0.39, 0.29) is 16.6 Å². The van der Waals surface area contributed by atoms with E-state index in [9.17, 15) is 12.8 Å². The molecule has 0 saturated carbocycles. The van der Waals surface area contributed by atoms with Crippen molar-refractivity contribution < 1.29 is 17.5 Å². The van der Waals surface area contributed by atoms with E-state index in [1.807, 2.05) is 0 Å². The highest BCUT2D eigenvalue weighted by molar-refractivity contribution is 7.89. The number of rotatable bonds is 4. The monoisotopic (exact) mass is 288 g/mol. The minimum Gasteiger partial charge on any atom is -0.494 e. The van der Waals surface area contributed by atoms with Gasteiger partial charge in [0.1, 0.15) is 0 Å². The zero-order valence-corrected chi connectivity index (χ0v) is 11.5. The summed E-state index contributed by atoms with van der Waals surface area (Å²) in [6.45, 7) is 1.29. The molecule has 1 unspecified atom stereocenters. The number of ether oxygens (including phenoxy) is 1. The molecule has 1 aliphatic heterocycles. The van der Waals surface area contributed by atoms with Gasteiger partial charge in [0.2, 0.25) is 10.0 Å². The zero-order chi connectivity index (χ0) is 14.0. The second-order valence-electron chi connectivity index (χ2n) is 4.55. The summed E-state index contributed by atoms with van der Waals surface area (Å²) in [6.07, 6.45) is 0.744. The van der Waals surface area contributed by atoms with Crippen molar-refractivity contribution in [1.82, 2.24) is 4.31 Å². The molecular formula is C12H17FN2O3S. The molecule has 1 aromatic rings. The molecule has 1 atom stereocenters. The third-order valence-electron chi connectivity index (χ3n) is 3.34. The van der Waals surface area contributed by atoms with Crippen LogP contribution >= 0.6 is 0 Å². The van der Waals surface area contributed by atoms with Crippen LogP contribution in [0.5, 0.6) is 5.75 Å². The Morgan fingerprint density at radius 1 is 1.53 bits per heavy atom. The minimum atomic E-state index is -3.65. The van der Waals surface area contributed by atoms with E-state index in [0.717, 1.165) is 12.5 Å². The summed E-state index contributed by atoms with van der Waals surface area (Å²) in [5.74, 6) is -0.476. The Kier molecular flexibility index (Phi) is 4.07. The van der Waals surface area contributed by atoms with Crippen LogP contribution < -0.4 is 10.5 Å². The topological polar surface area (TPSA) is 72.6 Å². The molecule has 0 amide bonds. The fourth-order valence-corrected chi connectivity index (χ4v) is 3.71. The van der Waals surface area contributed by atoms with Crippen LogP contribution in [0.15, 0.2) is 23.1 Å². The van der Waals surface area contributed by atoms with Crippen LogP contribution in [0.3, 0.4) is 0 Å². The Hall–Kier alpha value is -1.18. The first-order valence-corrected chi connectivity index (χ1v) is 7.46. The third-order valence-corrected chi connectivity index (χ3v) is 5.20. The van der Waals surface area contributed by atoms with Crippen molar-refractivity contribution >= 4 is 10.0 Å². The molecule has 2 N–H and O–H groups in total. The van der Waals surface area contributed by atoms with Crippen LogP contribution in [-0.4, -0.2) is 39.5 Å². The zero-order valence-electron chi connectivity index (χ0n) is 10.7. The molecule has 0 bridgehead atoms. The van der Waals surface area contributed by atoms with Crippen LogP contribution in [-0.2, 0) is 10.0 Å². The van der Waals surface area contributed by atoms with Crippen molar-refractivity contribution in [2.45, 2.75) is 11.3 Å². The van der Waals surface area contributed by atoms with E-state index < -0.39 is 15.8 Å². The van der Waals surface area contributed by atoms with Gasteiger partial charge in [0.15, 0.2) is 11.6 Å². The van der Waals surface area contributed by atoms with Gasteiger partial charge in [-0.3, -0.25) is 0 Å². The number of hydrogen-bond donors (Lipinski definition) is 1. The average molecular weight is 288 g/mol. The lowest BCUT2D eigenvalue weighted by atomic mass is 10.1. The van der Waals surface area contributed by atoms with Crippen molar-refractivity contribution in [2.75, 3.05) is 26.7 Å². The summed E-state index contributed by atoms with van der Waals surface area (Å²) in [5.41, 5.74) is 5.54. The van der Waals surface area contributed by atoms with Crippen LogP contribution in [0.4, 0.5) is 4.39 Å². The van der Waals surface area contributed by atoms with Gasteiger partial charge in [-0.05, 0) is 37.1 Å². The molecular weight excluding hydrogens is 271 g/mol. The molecule has 1 fully saturated rings. The summed E-state index contributed by atoms with van der Waals surface area (Å²) >= 11 is 0. The van der Waals surface area contributed by atoms with E-state index in [1.165, 1.54) is 23.5 Å². The van der Waals surface area contributed by atoms with Gasteiger partial charge < -0.3 is 10.5 Å². The summed E-state index contributed by atoms with van der Waals surface area (Å²) in [6, 6.07) is 3.66. The van der Waals surface area contributed by atoms with Gasteiger partial charge in [-0.2, -0.15) is 4.31 Å². The van der Waals surface area contributed by atoms with Crippen molar-refractivity contribution in [3.05, 3.63) is 24.0 Å². The maximum absolute atomic E-state index is 13.6. The first kappa shape index (κ1) is 14.2. The van der Waals surface area contributed by atoms with Crippen LogP contribution in [0.2, 0.25) is 0 Å². The number of halogens is 1. The lowest BCUT2D eigenvalue weighted by molar-refractivity contribution is 0.385. The van der Waals surface area contributed by atoms with Crippen LogP contribution in [0.1, 0.15) is 6.42 Å².